The largest absolute Gasteiger partial charge is 0.472 e. The second-order valence-corrected chi connectivity index (χ2v) is 16.9. The van der Waals surface area contributed by atoms with Crippen molar-refractivity contribution in [3.63, 3.8) is 0 Å². The van der Waals surface area contributed by atoms with Crippen LogP contribution in [0.1, 0.15) is 161 Å². The molecule has 1 aliphatic heterocycles. The Morgan fingerprint density at radius 1 is 0.962 bits per heavy atom. The van der Waals surface area contributed by atoms with E-state index in [0.29, 0.717) is 23.8 Å². The number of phosphoric acid groups is 1. The molecule has 300 valence electrons. The van der Waals surface area contributed by atoms with Crippen LogP contribution < -0.4 is 11.2 Å². The van der Waals surface area contributed by atoms with Gasteiger partial charge < -0.3 is 14.4 Å². The van der Waals surface area contributed by atoms with Gasteiger partial charge in [0.15, 0.2) is 0 Å². The van der Waals surface area contributed by atoms with E-state index < -0.39 is 44.1 Å². The minimum atomic E-state index is -4.44. The summed E-state index contributed by atoms with van der Waals surface area (Å²) < 4.78 is 36.3. The number of aryl methyl sites for hydroxylation is 1. The van der Waals surface area contributed by atoms with Crippen LogP contribution in [0.25, 0.3) is 10.4 Å². The van der Waals surface area contributed by atoms with Gasteiger partial charge in [0.25, 0.3) is 5.56 Å². The van der Waals surface area contributed by atoms with Crippen molar-refractivity contribution in [2.75, 3.05) is 25.6 Å². The smallest absolute Gasteiger partial charge is 0.377 e. The first kappa shape index (κ1) is 46.5. The van der Waals surface area contributed by atoms with E-state index in [-0.39, 0.29) is 19.1 Å². The van der Waals surface area contributed by atoms with Crippen LogP contribution in [0.3, 0.4) is 0 Å². The summed E-state index contributed by atoms with van der Waals surface area (Å²) in [5.74, 6) is 1.15. The molecule has 1 aromatic heterocycles. The second kappa shape index (κ2) is 27.9. The molecule has 0 amide bonds. The van der Waals surface area contributed by atoms with Crippen molar-refractivity contribution in [3.8, 4) is 0 Å². The van der Waals surface area contributed by atoms with Crippen LogP contribution in [0.15, 0.2) is 20.9 Å². The van der Waals surface area contributed by atoms with Gasteiger partial charge in [0.2, 0.25) is 0 Å². The topological polar surface area (TPSA) is 178 Å². The van der Waals surface area contributed by atoms with Crippen molar-refractivity contribution in [2.24, 2.45) is 5.11 Å². The van der Waals surface area contributed by atoms with Crippen LogP contribution in [-0.4, -0.2) is 63.5 Å². The molecule has 0 saturated carbocycles. The number of hydrogen-bond acceptors (Lipinski definition) is 9. The maximum absolute atomic E-state index is 12.7. The second-order valence-electron chi connectivity index (χ2n) is 14.1. The monoisotopic (exact) mass is 773 g/mol. The van der Waals surface area contributed by atoms with E-state index in [2.05, 4.69) is 35.8 Å². The van der Waals surface area contributed by atoms with Gasteiger partial charge in [0.1, 0.15) is 6.23 Å². The summed E-state index contributed by atoms with van der Waals surface area (Å²) in [6.07, 6.45) is 23.7. The lowest BCUT2D eigenvalue weighted by molar-refractivity contribution is -0.0288. The van der Waals surface area contributed by atoms with Crippen LogP contribution in [0.4, 0.5) is 0 Å². The van der Waals surface area contributed by atoms with Gasteiger partial charge in [-0.25, -0.2) is 9.36 Å². The van der Waals surface area contributed by atoms with Crippen LogP contribution >= 0.6 is 19.6 Å². The molecule has 3 unspecified atom stereocenters. The molecule has 13 nitrogen and oxygen atoms in total. The molecule has 6 atom stereocenters. The first-order valence-corrected chi connectivity index (χ1v) is 22.5. The molecule has 0 spiro atoms. The summed E-state index contributed by atoms with van der Waals surface area (Å²) >= 11 is 2.03. The zero-order chi connectivity index (χ0) is 38.0. The number of phosphoric ester groups is 1. The number of rotatable bonds is 32. The fraction of sp³-hybridized carbons (Fsp3) is 0.892. The van der Waals surface area contributed by atoms with Crippen molar-refractivity contribution in [3.05, 3.63) is 43.0 Å². The van der Waals surface area contributed by atoms with Gasteiger partial charge in [-0.3, -0.25) is 23.4 Å². The Morgan fingerprint density at radius 2 is 1.56 bits per heavy atom. The number of nitrogens with one attached hydrogen (secondary N) is 1. The van der Waals surface area contributed by atoms with E-state index in [1.165, 1.54) is 120 Å². The van der Waals surface area contributed by atoms with Gasteiger partial charge in [-0.05, 0) is 44.4 Å². The van der Waals surface area contributed by atoms with Gasteiger partial charge >= 0.3 is 13.5 Å². The third kappa shape index (κ3) is 19.6. The summed E-state index contributed by atoms with van der Waals surface area (Å²) in [5, 5.41) is 4.13. The van der Waals surface area contributed by atoms with Crippen molar-refractivity contribution in [2.45, 2.75) is 186 Å². The summed E-state index contributed by atoms with van der Waals surface area (Å²) in [4.78, 5) is 39.4. The Morgan fingerprint density at radius 3 is 2.17 bits per heavy atom. The Hall–Kier alpha value is -1.63. The molecule has 2 rings (SSSR count). The van der Waals surface area contributed by atoms with E-state index in [9.17, 15) is 19.0 Å². The summed E-state index contributed by atoms with van der Waals surface area (Å²) in [5.41, 5.74) is 8.14. The first-order chi connectivity index (χ1) is 25.1. The third-order valence-corrected chi connectivity index (χ3v) is 12.2. The van der Waals surface area contributed by atoms with Crippen molar-refractivity contribution >= 4 is 19.6 Å². The van der Waals surface area contributed by atoms with Crippen molar-refractivity contribution < 1.29 is 28.0 Å². The number of ether oxygens (including phenoxy) is 2. The highest BCUT2D eigenvalue weighted by Crippen LogP contribution is 2.44. The molecule has 0 aliphatic carbocycles. The zero-order valence-electron chi connectivity index (χ0n) is 32.4. The standard InChI is InChI=1S/C37H68N5O8PS/c1-5-7-9-11-13-14-15-17-19-21-26-52-34(23-20-18-16-12-10-8-6-2)31(4)47-24-22-25-48-51(45,46)49-29-33-32(40-41-38)27-35(50-33)42-28-30(3)36(43)39-37(42)44/h28,31-35H,5-27,29H2,1-4H3,(H,45,46)(H,39,43,44)/t31?,32-,33+,34?,35+/m0/s1. The maximum Gasteiger partial charge on any atom is 0.472 e. The molecule has 0 bridgehead atoms. The maximum atomic E-state index is 12.7. The SMILES string of the molecule is CCCCCCCCCCCCSC(CCCCCCCCC)C(C)OCCCOP(=O)(O)OC[C@H]1O[C@@H](n2cc(C)c(=O)[nH]c2=O)C[C@@H]1N=[N+]=[N-]. The molecule has 1 aliphatic rings. The van der Waals surface area contributed by atoms with Crippen molar-refractivity contribution in [1.82, 2.24) is 9.55 Å². The molecule has 0 aromatic carbocycles. The predicted octanol–water partition coefficient (Wildman–Crippen LogP) is 9.90. The van der Waals surface area contributed by atoms with Gasteiger partial charge in [-0.15, -0.1) is 0 Å². The number of hydrogen-bond donors (Lipinski definition) is 2. The minimum absolute atomic E-state index is 0.0331. The number of azide groups is 1. The minimum Gasteiger partial charge on any atom is -0.377 e. The summed E-state index contributed by atoms with van der Waals surface area (Å²) in [7, 11) is -4.44. The number of aromatic amines is 1. The Bertz CT molecular complexity index is 1310. The Balaban J connectivity index is 1.74. The quantitative estimate of drug-likeness (QED) is 0.0237. The van der Waals surface area contributed by atoms with Gasteiger partial charge in [0, 0.05) is 34.9 Å². The molecule has 1 saturated heterocycles. The highest BCUT2D eigenvalue weighted by atomic mass is 32.2. The number of unbranched alkanes of at least 4 members (excludes halogenated alkanes) is 15. The number of thioether (sulfide) groups is 1. The van der Waals surface area contributed by atoms with Gasteiger partial charge in [0.05, 0.1) is 31.5 Å². The number of H-pyrrole nitrogens is 1. The Labute approximate surface area is 315 Å². The molecule has 0 radical (unpaired) electrons. The normalized spacial score (nSPS) is 19.7. The van der Waals surface area contributed by atoms with Gasteiger partial charge in [-0.2, -0.15) is 11.8 Å². The molecule has 2 N–H and O–H groups in total. The fourth-order valence-electron chi connectivity index (χ4n) is 6.42. The average Bonchev–Trinajstić information content (AvgIpc) is 3.52. The molecule has 2 heterocycles. The zero-order valence-corrected chi connectivity index (χ0v) is 34.1. The fourth-order valence-corrected chi connectivity index (χ4v) is 8.55. The van der Waals surface area contributed by atoms with Crippen LogP contribution in [0.2, 0.25) is 0 Å². The highest BCUT2D eigenvalue weighted by Gasteiger charge is 2.38. The summed E-state index contributed by atoms with van der Waals surface area (Å²) in [6.45, 7) is 8.16. The van der Waals surface area contributed by atoms with Gasteiger partial charge in [-0.1, -0.05) is 122 Å². The van der Waals surface area contributed by atoms with E-state index in [0.717, 1.165) is 12.2 Å². The Kier molecular flexibility index (Phi) is 24.9. The lowest BCUT2D eigenvalue weighted by Crippen LogP contribution is -2.33. The van der Waals surface area contributed by atoms with E-state index in [1.54, 1.807) is 6.92 Å². The molecule has 1 aromatic rings. The summed E-state index contributed by atoms with van der Waals surface area (Å²) in [6, 6.07) is -0.763. The van der Waals surface area contributed by atoms with E-state index in [1.807, 2.05) is 11.8 Å². The predicted molar refractivity (Wildman–Crippen MR) is 210 cm³/mol. The first-order valence-electron chi connectivity index (χ1n) is 20.0. The third-order valence-electron chi connectivity index (χ3n) is 9.63. The van der Waals surface area contributed by atoms with E-state index >= 15 is 0 Å². The molecule has 1 fully saturated rings. The van der Waals surface area contributed by atoms with E-state index in [4.69, 9.17) is 24.1 Å². The van der Waals surface area contributed by atoms with Crippen LogP contribution in [0.5, 0.6) is 0 Å². The molecular formula is C37H68N5O8PS. The van der Waals surface area contributed by atoms with Crippen LogP contribution in [-0.2, 0) is 23.1 Å². The number of nitrogens with zero attached hydrogens (tertiary/aromatic N) is 4. The lowest BCUT2D eigenvalue weighted by atomic mass is 10.1. The highest BCUT2D eigenvalue weighted by molar-refractivity contribution is 7.99. The molecular weight excluding hydrogens is 705 g/mol. The van der Waals surface area contributed by atoms with Crippen LogP contribution in [0, 0.1) is 6.92 Å². The molecule has 15 heteroatoms. The average molecular weight is 774 g/mol. The number of aromatic nitrogens is 2. The molecule has 52 heavy (non-hydrogen) atoms. The lowest BCUT2D eigenvalue weighted by Gasteiger charge is -2.24. The van der Waals surface area contributed by atoms with Crippen molar-refractivity contribution in [1.29, 1.82) is 0 Å².